The number of hydrogen-bond acceptors (Lipinski definition) is 3. The molecule has 0 atom stereocenters. The zero-order valence-electron chi connectivity index (χ0n) is 8.99. The zero-order valence-corrected chi connectivity index (χ0v) is 8.99. The first kappa shape index (κ1) is 14.6. The summed E-state index contributed by atoms with van der Waals surface area (Å²) in [5.41, 5.74) is 2.75. The van der Waals surface area contributed by atoms with Crippen molar-refractivity contribution in [3.05, 3.63) is 22.9 Å². The first-order chi connectivity index (χ1) is 8.04. The van der Waals surface area contributed by atoms with Crippen molar-refractivity contribution in [2.75, 3.05) is 0 Å². The SMILES string of the molecule is Cc1c(C(F)(F)F)cc(CN)nc1OC(F)(F)F. The summed E-state index contributed by atoms with van der Waals surface area (Å²) in [6.07, 6.45) is -9.92. The van der Waals surface area contributed by atoms with Crippen molar-refractivity contribution in [1.82, 2.24) is 4.98 Å². The van der Waals surface area contributed by atoms with E-state index in [1.807, 2.05) is 0 Å². The number of alkyl halides is 6. The minimum Gasteiger partial charge on any atom is -0.388 e. The van der Waals surface area contributed by atoms with E-state index < -0.39 is 36.1 Å². The number of hydrogen-bond donors (Lipinski definition) is 1. The number of ether oxygens (including phenoxy) is 1. The van der Waals surface area contributed by atoms with Crippen LogP contribution in [0.5, 0.6) is 5.88 Å². The van der Waals surface area contributed by atoms with Gasteiger partial charge in [-0.25, -0.2) is 4.98 Å². The highest BCUT2D eigenvalue weighted by Crippen LogP contribution is 2.36. The van der Waals surface area contributed by atoms with E-state index in [2.05, 4.69) is 9.72 Å². The van der Waals surface area contributed by atoms with Crippen molar-refractivity contribution >= 4 is 0 Å². The third-order valence-electron chi connectivity index (χ3n) is 2.01. The van der Waals surface area contributed by atoms with Crippen molar-refractivity contribution in [1.29, 1.82) is 0 Å². The fraction of sp³-hybridized carbons (Fsp3) is 0.444. The highest BCUT2D eigenvalue weighted by Gasteiger charge is 2.38. The third-order valence-corrected chi connectivity index (χ3v) is 2.01. The normalized spacial score (nSPS) is 12.7. The molecule has 18 heavy (non-hydrogen) atoms. The quantitative estimate of drug-likeness (QED) is 0.843. The largest absolute Gasteiger partial charge is 0.574 e. The van der Waals surface area contributed by atoms with Crippen LogP contribution in [0.25, 0.3) is 0 Å². The van der Waals surface area contributed by atoms with Crippen LogP contribution < -0.4 is 10.5 Å². The van der Waals surface area contributed by atoms with Gasteiger partial charge in [-0.3, -0.25) is 0 Å². The molecule has 0 unspecified atom stereocenters. The summed E-state index contributed by atoms with van der Waals surface area (Å²) in [6.45, 7) is 0.411. The molecule has 0 aliphatic rings. The summed E-state index contributed by atoms with van der Waals surface area (Å²) in [5.74, 6) is -1.14. The van der Waals surface area contributed by atoms with E-state index in [0.29, 0.717) is 6.07 Å². The lowest BCUT2D eigenvalue weighted by molar-refractivity contribution is -0.276. The topological polar surface area (TPSA) is 48.1 Å². The molecule has 0 bridgehead atoms. The second kappa shape index (κ2) is 4.63. The van der Waals surface area contributed by atoms with E-state index in [4.69, 9.17) is 5.73 Å². The van der Waals surface area contributed by atoms with Crippen LogP contribution in [0.4, 0.5) is 26.3 Å². The standard InChI is InChI=1S/C9H8F6N2O/c1-4-6(8(10,11)12)2-5(3-16)17-7(4)18-9(13,14)15/h2H,3,16H2,1H3. The van der Waals surface area contributed by atoms with E-state index in [0.717, 1.165) is 6.92 Å². The zero-order chi connectivity index (χ0) is 14.1. The van der Waals surface area contributed by atoms with Gasteiger partial charge < -0.3 is 10.5 Å². The van der Waals surface area contributed by atoms with Crippen LogP contribution in [0.15, 0.2) is 6.07 Å². The van der Waals surface area contributed by atoms with E-state index in [-0.39, 0.29) is 5.69 Å². The summed E-state index contributed by atoms with van der Waals surface area (Å²) in [7, 11) is 0. The van der Waals surface area contributed by atoms with Gasteiger partial charge in [-0.05, 0) is 13.0 Å². The van der Waals surface area contributed by atoms with Gasteiger partial charge in [0.25, 0.3) is 0 Å². The fourth-order valence-corrected chi connectivity index (χ4v) is 1.24. The summed E-state index contributed by atoms with van der Waals surface area (Å²) >= 11 is 0. The lowest BCUT2D eigenvalue weighted by Crippen LogP contribution is -2.21. The van der Waals surface area contributed by atoms with Crippen LogP contribution in [-0.4, -0.2) is 11.3 Å². The molecule has 0 aliphatic heterocycles. The van der Waals surface area contributed by atoms with E-state index in [9.17, 15) is 26.3 Å². The van der Waals surface area contributed by atoms with Gasteiger partial charge in [0.15, 0.2) is 0 Å². The molecule has 2 N–H and O–H groups in total. The predicted molar refractivity (Wildman–Crippen MR) is 48.6 cm³/mol. The van der Waals surface area contributed by atoms with Gasteiger partial charge >= 0.3 is 12.5 Å². The van der Waals surface area contributed by atoms with E-state index in [1.54, 1.807) is 0 Å². The van der Waals surface area contributed by atoms with E-state index >= 15 is 0 Å². The molecule has 1 aromatic rings. The maximum atomic E-state index is 12.6. The van der Waals surface area contributed by atoms with Gasteiger partial charge in [0, 0.05) is 12.1 Å². The first-order valence-electron chi connectivity index (χ1n) is 4.58. The molecule has 9 heteroatoms. The summed E-state index contributed by atoms with van der Waals surface area (Å²) in [4.78, 5) is 3.28. The average Bonchev–Trinajstić information content (AvgIpc) is 2.17. The molecule has 0 saturated carbocycles. The number of halogens is 6. The van der Waals surface area contributed by atoms with Gasteiger partial charge in [0.2, 0.25) is 5.88 Å². The monoisotopic (exact) mass is 274 g/mol. The molecule has 0 radical (unpaired) electrons. The molecule has 0 aliphatic carbocycles. The molecular formula is C9H8F6N2O. The van der Waals surface area contributed by atoms with Gasteiger partial charge in [-0.15, -0.1) is 13.2 Å². The summed E-state index contributed by atoms with van der Waals surface area (Å²) in [5, 5.41) is 0. The Labute approximate surface area is 97.6 Å². The second-order valence-electron chi connectivity index (χ2n) is 3.34. The minimum atomic E-state index is -5.12. The Morgan fingerprint density at radius 1 is 1.22 bits per heavy atom. The van der Waals surface area contributed by atoms with Crippen LogP contribution in [0.3, 0.4) is 0 Å². The smallest absolute Gasteiger partial charge is 0.388 e. The molecule has 0 saturated heterocycles. The van der Waals surface area contributed by atoms with Crippen molar-refractivity contribution < 1.29 is 31.1 Å². The molecular weight excluding hydrogens is 266 g/mol. The summed E-state index contributed by atoms with van der Waals surface area (Å²) < 4.78 is 77.2. The van der Waals surface area contributed by atoms with Gasteiger partial charge in [-0.2, -0.15) is 13.2 Å². The Hall–Kier alpha value is -1.51. The highest BCUT2D eigenvalue weighted by atomic mass is 19.4. The summed E-state index contributed by atoms with van der Waals surface area (Å²) in [6, 6.07) is 0.596. The number of nitrogens with two attached hydrogens (primary N) is 1. The molecule has 3 nitrogen and oxygen atoms in total. The second-order valence-corrected chi connectivity index (χ2v) is 3.34. The minimum absolute atomic E-state index is 0.341. The molecule has 1 aromatic heterocycles. The Balaban J connectivity index is 3.34. The maximum Gasteiger partial charge on any atom is 0.574 e. The lowest BCUT2D eigenvalue weighted by atomic mass is 10.1. The maximum absolute atomic E-state index is 12.6. The molecule has 0 spiro atoms. The number of aromatic nitrogens is 1. The van der Waals surface area contributed by atoms with Crippen molar-refractivity contribution in [3.63, 3.8) is 0 Å². The van der Waals surface area contributed by atoms with Crippen LogP contribution in [-0.2, 0) is 12.7 Å². The van der Waals surface area contributed by atoms with Crippen LogP contribution in [0.2, 0.25) is 0 Å². The number of rotatable bonds is 2. The van der Waals surface area contributed by atoms with Crippen LogP contribution >= 0.6 is 0 Å². The fourth-order valence-electron chi connectivity index (χ4n) is 1.24. The number of pyridine rings is 1. The van der Waals surface area contributed by atoms with E-state index in [1.165, 1.54) is 0 Å². The lowest BCUT2D eigenvalue weighted by Gasteiger charge is -2.16. The van der Waals surface area contributed by atoms with Gasteiger partial charge in [-0.1, -0.05) is 0 Å². The molecule has 1 rings (SSSR count). The highest BCUT2D eigenvalue weighted by molar-refractivity contribution is 5.37. The Morgan fingerprint density at radius 2 is 1.78 bits per heavy atom. The van der Waals surface area contributed by atoms with Gasteiger partial charge in [0.1, 0.15) is 0 Å². The molecule has 1 heterocycles. The Kier molecular flexibility index (Phi) is 3.75. The van der Waals surface area contributed by atoms with Gasteiger partial charge in [0.05, 0.1) is 11.3 Å². The molecule has 102 valence electrons. The predicted octanol–water partition coefficient (Wildman–Crippen LogP) is 2.77. The van der Waals surface area contributed by atoms with Crippen LogP contribution in [0.1, 0.15) is 16.8 Å². The Morgan fingerprint density at radius 3 is 2.17 bits per heavy atom. The van der Waals surface area contributed by atoms with Crippen molar-refractivity contribution in [3.8, 4) is 5.88 Å². The van der Waals surface area contributed by atoms with Crippen molar-refractivity contribution in [2.45, 2.75) is 26.0 Å². The average molecular weight is 274 g/mol. The number of nitrogens with zero attached hydrogens (tertiary/aromatic N) is 1. The molecule has 0 amide bonds. The first-order valence-corrected chi connectivity index (χ1v) is 4.58. The molecule has 0 fully saturated rings. The Bertz CT molecular complexity index is 440. The van der Waals surface area contributed by atoms with Crippen LogP contribution in [0, 0.1) is 6.92 Å². The molecule has 0 aromatic carbocycles. The third kappa shape index (κ3) is 3.49. The van der Waals surface area contributed by atoms with Crippen molar-refractivity contribution in [2.24, 2.45) is 5.73 Å².